The van der Waals surface area contributed by atoms with Gasteiger partial charge in [0.05, 0.1) is 5.92 Å². The molecule has 1 fully saturated rings. The van der Waals surface area contributed by atoms with Crippen molar-refractivity contribution in [3.63, 3.8) is 0 Å². The maximum absolute atomic E-state index is 11.5. The van der Waals surface area contributed by atoms with Crippen molar-refractivity contribution in [2.75, 3.05) is 0 Å². The number of hydrogen-bond acceptors (Lipinski definition) is 3. The van der Waals surface area contributed by atoms with Crippen molar-refractivity contribution >= 4 is 11.9 Å². The normalized spacial score (nSPS) is 18.6. The second kappa shape index (κ2) is 15.0. The molecule has 29 heavy (non-hydrogen) atoms. The van der Waals surface area contributed by atoms with E-state index in [0.29, 0.717) is 18.9 Å². The molecule has 2 rings (SSSR count). The summed E-state index contributed by atoms with van der Waals surface area (Å²) < 4.78 is 0. The van der Waals surface area contributed by atoms with Crippen molar-refractivity contribution in [1.29, 1.82) is 0 Å². The van der Waals surface area contributed by atoms with Crippen molar-refractivity contribution in [3.8, 4) is 0 Å². The van der Waals surface area contributed by atoms with E-state index in [2.05, 4.69) is 31.1 Å². The second-order valence-corrected chi connectivity index (χ2v) is 8.63. The van der Waals surface area contributed by atoms with E-state index in [0.717, 1.165) is 43.6 Å². The summed E-state index contributed by atoms with van der Waals surface area (Å²) in [6, 6.07) is 3.84. The summed E-state index contributed by atoms with van der Waals surface area (Å²) >= 11 is 0. The molecule has 0 saturated heterocycles. The van der Waals surface area contributed by atoms with E-state index in [1.54, 1.807) is 12.4 Å². The van der Waals surface area contributed by atoms with Crippen LogP contribution in [0.3, 0.4) is 0 Å². The maximum atomic E-state index is 11.5. The molecule has 1 aliphatic rings. The summed E-state index contributed by atoms with van der Waals surface area (Å²) in [5.74, 6) is 0.919. The Bertz CT molecular complexity index is 573. The largest absolute Gasteiger partial charge is 0.481 e. The number of carbonyl (C=O) groups is 2. The third-order valence-corrected chi connectivity index (χ3v) is 5.48. The van der Waals surface area contributed by atoms with Crippen LogP contribution in [0.4, 0.5) is 0 Å². The molecule has 5 nitrogen and oxygen atoms in total. The molecule has 0 aromatic carbocycles. The topological polar surface area (TPSA) is 79.3 Å². The number of nitrogens with one attached hydrogen (secondary N) is 1. The van der Waals surface area contributed by atoms with Gasteiger partial charge in [0.2, 0.25) is 5.91 Å². The van der Waals surface area contributed by atoms with Gasteiger partial charge in [-0.15, -0.1) is 0 Å². The molecule has 1 heterocycles. The molecular formula is C24H40N2O3. The van der Waals surface area contributed by atoms with Gasteiger partial charge in [-0.1, -0.05) is 65.4 Å². The lowest BCUT2D eigenvalue weighted by atomic mass is 9.79. The van der Waals surface area contributed by atoms with Crippen LogP contribution in [0.2, 0.25) is 0 Å². The standard InChI is InChI=1S/C14H22N2O.C10H18O2/c1-12(2)6-3-4-8-14(17)16-11-13-7-5-9-15-10-13;1-2-4-8-5-3-6-9(7-8)10(11)12/h5,7,9-10,12H,3-4,6,8,11H2,1-2H3,(H,16,17);8-9H,2-7H2,1H3,(H,11,12). The van der Waals surface area contributed by atoms with Crippen LogP contribution in [0, 0.1) is 17.8 Å². The van der Waals surface area contributed by atoms with E-state index in [9.17, 15) is 9.59 Å². The maximum Gasteiger partial charge on any atom is 0.306 e. The van der Waals surface area contributed by atoms with E-state index < -0.39 is 5.97 Å². The number of aromatic nitrogens is 1. The minimum absolute atomic E-state index is 0.0460. The molecule has 1 saturated carbocycles. The van der Waals surface area contributed by atoms with Gasteiger partial charge in [-0.25, -0.2) is 0 Å². The first-order valence-electron chi connectivity index (χ1n) is 11.3. The van der Waals surface area contributed by atoms with Gasteiger partial charge < -0.3 is 10.4 Å². The summed E-state index contributed by atoms with van der Waals surface area (Å²) in [7, 11) is 0. The number of amides is 1. The van der Waals surface area contributed by atoms with Crippen LogP contribution in [-0.2, 0) is 16.1 Å². The molecule has 0 radical (unpaired) electrons. The van der Waals surface area contributed by atoms with Crippen molar-refractivity contribution in [2.24, 2.45) is 17.8 Å². The highest BCUT2D eigenvalue weighted by Gasteiger charge is 2.25. The van der Waals surface area contributed by atoms with Gasteiger partial charge in [-0.05, 0) is 42.7 Å². The number of nitrogens with zero attached hydrogens (tertiary/aromatic N) is 1. The molecule has 1 amide bonds. The zero-order chi connectivity index (χ0) is 21.5. The predicted octanol–water partition coefficient (Wildman–Crippen LogP) is 5.59. The first kappa shape index (κ1) is 25.1. The van der Waals surface area contributed by atoms with Crippen molar-refractivity contribution in [3.05, 3.63) is 30.1 Å². The number of hydrogen-bond donors (Lipinski definition) is 2. The molecule has 2 N–H and O–H groups in total. The molecule has 1 aromatic heterocycles. The van der Waals surface area contributed by atoms with Crippen molar-refractivity contribution < 1.29 is 14.7 Å². The Balaban J connectivity index is 0.000000308. The highest BCUT2D eigenvalue weighted by molar-refractivity contribution is 5.75. The lowest BCUT2D eigenvalue weighted by Gasteiger charge is -2.26. The summed E-state index contributed by atoms with van der Waals surface area (Å²) in [5, 5.41) is 11.7. The van der Waals surface area contributed by atoms with Crippen LogP contribution in [-0.4, -0.2) is 22.0 Å². The Kier molecular flexibility index (Phi) is 13.0. The fourth-order valence-corrected chi connectivity index (χ4v) is 3.82. The third kappa shape index (κ3) is 12.3. The average molecular weight is 405 g/mol. The van der Waals surface area contributed by atoms with E-state index in [4.69, 9.17) is 5.11 Å². The smallest absolute Gasteiger partial charge is 0.306 e. The van der Waals surface area contributed by atoms with E-state index >= 15 is 0 Å². The van der Waals surface area contributed by atoms with Crippen LogP contribution in [0.5, 0.6) is 0 Å². The predicted molar refractivity (Wildman–Crippen MR) is 117 cm³/mol. The lowest BCUT2D eigenvalue weighted by molar-refractivity contribution is -0.143. The van der Waals surface area contributed by atoms with E-state index in [-0.39, 0.29) is 11.8 Å². The van der Waals surface area contributed by atoms with Crippen LogP contribution in [0.1, 0.15) is 90.5 Å². The summed E-state index contributed by atoms with van der Waals surface area (Å²) in [5.41, 5.74) is 1.04. The number of carboxylic acids is 1. The summed E-state index contributed by atoms with van der Waals surface area (Å²) in [6.07, 6.45) is 14.0. The summed E-state index contributed by atoms with van der Waals surface area (Å²) in [6.45, 7) is 7.17. The van der Waals surface area contributed by atoms with Gasteiger partial charge >= 0.3 is 5.97 Å². The Morgan fingerprint density at radius 3 is 2.69 bits per heavy atom. The van der Waals surface area contributed by atoms with Crippen molar-refractivity contribution in [2.45, 2.75) is 91.5 Å². The SMILES string of the molecule is CC(C)CCCCC(=O)NCc1cccnc1.CCCC1CCCC(C(=O)O)C1. The van der Waals surface area contributed by atoms with Crippen LogP contribution < -0.4 is 5.32 Å². The van der Waals surface area contributed by atoms with Gasteiger partial charge in [0, 0.05) is 25.4 Å². The number of unbranched alkanes of at least 4 members (excludes halogenated alkanes) is 1. The van der Waals surface area contributed by atoms with Gasteiger partial charge in [-0.2, -0.15) is 0 Å². The Hall–Kier alpha value is -1.91. The van der Waals surface area contributed by atoms with Crippen LogP contribution >= 0.6 is 0 Å². The highest BCUT2D eigenvalue weighted by atomic mass is 16.4. The third-order valence-electron chi connectivity index (χ3n) is 5.48. The molecule has 164 valence electrons. The number of pyridine rings is 1. The summed E-state index contributed by atoms with van der Waals surface area (Å²) in [4.78, 5) is 26.2. The number of carboxylic acid groups (broad SMARTS) is 1. The van der Waals surface area contributed by atoms with E-state index in [1.807, 2.05) is 12.1 Å². The average Bonchev–Trinajstić information content (AvgIpc) is 2.71. The molecular weight excluding hydrogens is 364 g/mol. The van der Waals surface area contributed by atoms with Crippen molar-refractivity contribution in [1.82, 2.24) is 10.3 Å². The first-order valence-corrected chi connectivity index (χ1v) is 11.3. The van der Waals surface area contributed by atoms with Crippen LogP contribution in [0.15, 0.2) is 24.5 Å². The number of carbonyl (C=O) groups excluding carboxylic acids is 1. The molecule has 5 heteroatoms. The molecule has 2 unspecified atom stereocenters. The fraction of sp³-hybridized carbons (Fsp3) is 0.708. The molecule has 0 aliphatic heterocycles. The Labute approximate surface area is 176 Å². The van der Waals surface area contributed by atoms with E-state index in [1.165, 1.54) is 25.7 Å². The molecule has 0 spiro atoms. The van der Waals surface area contributed by atoms with Gasteiger partial charge in [0.15, 0.2) is 0 Å². The first-order chi connectivity index (χ1) is 13.9. The minimum atomic E-state index is -0.587. The molecule has 0 bridgehead atoms. The quantitative estimate of drug-likeness (QED) is 0.498. The zero-order valence-corrected chi connectivity index (χ0v) is 18.5. The van der Waals surface area contributed by atoms with Crippen LogP contribution in [0.25, 0.3) is 0 Å². The van der Waals surface area contributed by atoms with Gasteiger partial charge in [0.25, 0.3) is 0 Å². The highest BCUT2D eigenvalue weighted by Crippen LogP contribution is 2.31. The minimum Gasteiger partial charge on any atom is -0.481 e. The zero-order valence-electron chi connectivity index (χ0n) is 18.5. The molecule has 2 atom stereocenters. The second-order valence-electron chi connectivity index (χ2n) is 8.63. The molecule has 1 aliphatic carbocycles. The Morgan fingerprint density at radius 2 is 2.07 bits per heavy atom. The number of aliphatic carboxylic acids is 1. The number of rotatable bonds is 10. The Morgan fingerprint density at radius 1 is 1.28 bits per heavy atom. The molecule has 1 aromatic rings. The van der Waals surface area contributed by atoms with Gasteiger partial charge in [-0.3, -0.25) is 14.6 Å². The van der Waals surface area contributed by atoms with Gasteiger partial charge in [0.1, 0.15) is 0 Å². The fourth-order valence-electron chi connectivity index (χ4n) is 3.82. The monoisotopic (exact) mass is 404 g/mol. The lowest BCUT2D eigenvalue weighted by Crippen LogP contribution is -2.22.